The van der Waals surface area contributed by atoms with E-state index in [1.165, 1.54) is 40.2 Å². The van der Waals surface area contributed by atoms with Crippen LogP contribution >= 0.6 is 11.3 Å². The molecule has 2 unspecified atom stereocenters. The van der Waals surface area contributed by atoms with E-state index in [0.717, 1.165) is 31.6 Å². The summed E-state index contributed by atoms with van der Waals surface area (Å²) in [6, 6.07) is 10.00. The third kappa shape index (κ3) is 4.47. The zero-order valence-corrected chi connectivity index (χ0v) is 19.3. The van der Waals surface area contributed by atoms with Crippen LogP contribution in [0.5, 0.6) is 0 Å². The quantitative estimate of drug-likeness (QED) is 0.649. The molecule has 2 saturated carbocycles. The molecule has 0 radical (unpaired) electrons. The third-order valence-corrected chi connectivity index (χ3v) is 8.34. The minimum Gasteiger partial charge on any atom is -0.393 e. The number of hydrogen-bond donors (Lipinski definition) is 3. The van der Waals surface area contributed by atoms with Gasteiger partial charge in [-0.25, -0.2) is 0 Å². The fourth-order valence-electron chi connectivity index (χ4n) is 4.90. The number of fused-ring (bicyclic) bond motifs is 1. The molecule has 0 spiro atoms. The number of rotatable bonds is 5. The summed E-state index contributed by atoms with van der Waals surface area (Å²) in [5.74, 6) is 0.128. The lowest BCUT2D eigenvalue weighted by Gasteiger charge is -2.29. The van der Waals surface area contributed by atoms with Crippen LogP contribution in [0.15, 0.2) is 30.3 Å². The Morgan fingerprint density at radius 2 is 1.88 bits per heavy atom. The lowest BCUT2D eigenvalue weighted by molar-refractivity contribution is -0.122. The maximum absolute atomic E-state index is 13.4. The van der Waals surface area contributed by atoms with Crippen molar-refractivity contribution in [3.8, 4) is 0 Å². The van der Waals surface area contributed by atoms with Crippen LogP contribution < -0.4 is 10.6 Å². The van der Waals surface area contributed by atoms with Crippen LogP contribution in [0.3, 0.4) is 0 Å². The predicted molar refractivity (Wildman–Crippen MR) is 126 cm³/mol. The van der Waals surface area contributed by atoms with Crippen LogP contribution in [-0.4, -0.2) is 53.6 Å². The number of carbonyl (C=O) groups is 2. The number of benzene rings is 1. The van der Waals surface area contributed by atoms with Gasteiger partial charge in [0.2, 0.25) is 5.91 Å². The van der Waals surface area contributed by atoms with Gasteiger partial charge in [-0.05, 0) is 86.9 Å². The molecule has 1 aromatic heterocycles. The molecule has 2 aromatic rings. The molecule has 5 rings (SSSR count). The van der Waals surface area contributed by atoms with E-state index in [-0.39, 0.29) is 18.2 Å². The average Bonchev–Trinajstić information content (AvgIpc) is 3.43. The van der Waals surface area contributed by atoms with Crippen LogP contribution in [0.25, 0.3) is 0 Å². The molecule has 1 aromatic carbocycles. The van der Waals surface area contributed by atoms with Crippen LogP contribution in [0, 0.1) is 0 Å². The standard InChI is InChI=1S/C25H31N3O3S/c1-28-12-9-16-4-5-19(14-18(16)10-13-28)26-24(31)25(11-8-20(29)15-25)27-23(30)22-7-6-21(32-22)17-2-3-17/h4-7,14,17,20,29H,2-3,8-13,15H2,1H3,(H,26,31)(H,27,30). The van der Waals surface area contributed by atoms with Crippen molar-refractivity contribution >= 4 is 28.8 Å². The van der Waals surface area contributed by atoms with Gasteiger partial charge in [0.05, 0.1) is 11.0 Å². The second-order valence-corrected chi connectivity index (χ2v) is 10.8. The molecule has 0 saturated heterocycles. The minimum absolute atomic E-state index is 0.226. The fraction of sp³-hybridized carbons (Fsp3) is 0.520. The van der Waals surface area contributed by atoms with E-state index in [1.54, 1.807) is 0 Å². The first-order chi connectivity index (χ1) is 15.4. The SMILES string of the molecule is CN1CCc2ccc(NC(=O)C3(NC(=O)c4ccc(C5CC5)s4)CCC(O)C3)cc2CC1. The van der Waals surface area contributed by atoms with Crippen molar-refractivity contribution in [1.29, 1.82) is 0 Å². The van der Waals surface area contributed by atoms with Crippen molar-refractivity contribution in [1.82, 2.24) is 10.2 Å². The summed E-state index contributed by atoms with van der Waals surface area (Å²) in [6.07, 6.45) is 4.93. The average molecular weight is 454 g/mol. The van der Waals surface area contributed by atoms with Crippen molar-refractivity contribution in [2.45, 2.75) is 62.5 Å². The highest BCUT2D eigenvalue weighted by molar-refractivity contribution is 7.14. The molecular weight excluding hydrogens is 422 g/mol. The molecule has 3 N–H and O–H groups in total. The van der Waals surface area contributed by atoms with Gasteiger partial charge < -0.3 is 20.6 Å². The molecule has 2 heterocycles. The molecule has 1 aliphatic heterocycles. The highest BCUT2D eigenvalue weighted by atomic mass is 32.1. The highest BCUT2D eigenvalue weighted by Gasteiger charge is 2.46. The van der Waals surface area contributed by atoms with Gasteiger partial charge in [0.1, 0.15) is 5.54 Å². The zero-order chi connectivity index (χ0) is 22.3. The Bertz CT molecular complexity index is 1030. The number of nitrogens with zero attached hydrogens (tertiary/aromatic N) is 1. The van der Waals surface area contributed by atoms with Crippen molar-refractivity contribution in [3.05, 3.63) is 51.2 Å². The van der Waals surface area contributed by atoms with Gasteiger partial charge in [-0.1, -0.05) is 6.07 Å². The first-order valence-corrected chi connectivity index (χ1v) is 12.5. The molecule has 3 aliphatic rings. The van der Waals surface area contributed by atoms with Crippen LogP contribution in [0.4, 0.5) is 5.69 Å². The summed E-state index contributed by atoms with van der Waals surface area (Å²) >= 11 is 1.52. The number of aliphatic hydroxyl groups is 1. The maximum Gasteiger partial charge on any atom is 0.262 e. The summed E-state index contributed by atoms with van der Waals surface area (Å²) < 4.78 is 0. The van der Waals surface area contributed by atoms with Gasteiger partial charge in [0.15, 0.2) is 0 Å². The lowest BCUT2D eigenvalue weighted by atomic mass is 9.95. The molecule has 2 atom stereocenters. The Morgan fingerprint density at radius 3 is 2.59 bits per heavy atom. The van der Waals surface area contributed by atoms with E-state index in [0.29, 0.717) is 23.6 Å². The molecule has 7 heteroatoms. The van der Waals surface area contributed by atoms with E-state index >= 15 is 0 Å². The normalized spacial score (nSPS) is 25.8. The monoisotopic (exact) mass is 453 g/mol. The van der Waals surface area contributed by atoms with Gasteiger partial charge in [0.25, 0.3) is 5.91 Å². The summed E-state index contributed by atoms with van der Waals surface area (Å²) in [6.45, 7) is 2.04. The maximum atomic E-state index is 13.4. The van der Waals surface area contributed by atoms with E-state index in [1.807, 2.05) is 18.2 Å². The molecule has 170 valence electrons. The van der Waals surface area contributed by atoms with E-state index in [9.17, 15) is 14.7 Å². The number of anilines is 1. The summed E-state index contributed by atoms with van der Waals surface area (Å²) in [5.41, 5.74) is 2.26. The minimum atomic E-state index is -1.09. The second kappa shape index (κ2) is 8.61. The molecule has 32 heavy (non-hydrogen) atoms. The molecule has 0 bridgehead atoms. The van der Waals surface area contributed by atoms with E-state index < -0.39 is 11.6 Å². The molecule has 2 aliphatic carbocycles. The largest absolute Gasteiger partial charge is 0.393 e. The highest BCUT2D eigenvalue weighted by Crippen LogP contribution is 2.43. The Labute approximate surface area is 193 Å². The van der Waals surface area contributed by atoms with Gasteiger partial charge in [-0.3, -0.25) is 9.59 Å². The number of hydrogen-bond acceptors (Lipinski definition) is 5. The zero-order valence-electron chi connectivity index (χ0n) is 18.5. The number of aliphatic hydroxyl groups excluding tert-OH is 1. The summed E-state index contributed by atoms with van der Waals surface area (Å²) in [4.78, 5) is 30.6. The number of carbonyl (C=O) groups excluding carboxylic acids is 2. The summed E-state index contributed by atoms with van der Waals surface area (Å²) in [7, 11) is 2.13. The van der Waals surface area contributed by atoms with Crippen LogP contribution in [0.1, 0.15) is 63.7 Å². The first kappa shape index (κ1) is 21.6. The predicted octanol–water partition coefficient (Wildman–Crippen LogP) is 3.31. The number of thiophene rings is 1. The molecular formula is C25H31N3O3S. The Kier molecular flexibility index (Phi) is 5.82. The smallest absolute Gasteiger partial charge is 0.262 e. The van der Waals surface area contributed by atoms with E-state index in [2.05, 4.69) is 34.7 Å². The van der Waals surface area contributed by atoms with Gasteiger partial charge in [0, 0.05) is 30.1 Å². The van der Waals surface area contributed by atoms with Crippen LogP contribution in [0.2, 0.25) is 0 Å². The number of nitrogens with one attached hydrogen (secondary N) is 2. The van der Waals surface area contributed by atoms with Crippen molar-refractivity contribution in [2.75, 3.05) is 25.5 Å². The number of amides is 2. The van der Waals surface area contributed by atoms with Crippen molar-refractivity contribution in [2.24, 2.45) is 0 Å². The Hall–Kier alpha value is -2.22. The Balaban J connectivity index is 1.32. The van der Waals surface area contributed by atoms with Gasteiger partial charge >= 0.3 is 0 Å². The molecule has 6 nitrogen and oxygen atoms in total. The van der Waals surface area contributed by atoms with Crippen molar-refractivity contribution < 1.29 is 14.7 Å². The molecule has 2 amide bonds. The second-order valence-electron chi connectivity index (χ2n) is 9.65. The van der Waals surface area contributed by atoms with E-state index in [4.69, 9.17) is 0 Å². The molecule has 2 fully saturated rings. The topological polar surface area (TPSA) is 81.7 Å². The summed E-state index contributed by atoms with van der Waals surface area (Å²) in [5, 5.41) is 16.3. The van der Waals surface area contributed by atoms with Crippen LogP contribution in [-0.2, 0) is 17.6 Å². The fourth-order valence-corrected chi connectivity index (χ4v) is 5.97. The first-order valence-electron chi connectivity index (χ1n) is 11.6. The number of likely N-dealkylation sites (N-methyl/N-ethyl adjacent to an activating group) is 1. The van der Waals surface area contributed by atoms with Gasteiger partial charge in [-0.15, -0.1) is 11.3 Å². The lowest BCUT2D eigenvalue weighted by Crippen LogP contribution is -2.55. The Morgan fingerprint density at radius 1 is 1.09 bits per heavy atom. The van der Waals surface area contributed by atoms with Gasteiger partial charge in [-0.2, -0.15) is 0 Å². The third-order valence-electron chi connectivity index (χ3n) is 7.10. The van der Waals surface area contributed by atoms with Crippen molar-refractivity contribution in [3.63, 3.8) is 0 Å².